The second-order valence-corrected chi connectivity index (χ2v) is 8.51. The Balaban J connectivity index is 1.64. The van der Waals surface area contributed by atoms with Crippen molar-refractivity contribution >= 4 is 23.7 Å². The first-order valence-corrected chi connectivity index (χ1v) is 10.9. The van der Waals surface area contributed by atoms with Crippen LogP contribution in [0.1, 0.15) is 65.2 Å². The van der Waals surface area contributed by atoms with Crippen LogP contribution < -0.4 is 0 Å². The van der Waals surface area contributed by atoms with Gasteiger partial charge in [0.1, 0.15) is 0 Å². The number of carbonyl (C=O) groups excluding carboxylic acids is 4. The molecule has 0 spiro atoms. The van der Waals surface area contributed by atoms with E-state index in [2.05, 4.69) is 11.8 Å². The molecular formula is C23H31N3O5. The second kappa shape index (κ2) is 9.60. The molecule has 8 heteroatoms. The van der Waals surface area contributed by atoms with Gasteiger partial charge in [-0.1, -0.05) is 20.8 Å². The summed E-state index contributed by atoms with van der Waals surface area (Å²) in [6.45, 7) is 11.8. The molecule has 1 fully saturated rings. The predicted octanol–water partition coefficient (Wildman–Crippen LogP) is 2.04. The van der Waals surface area contributed by atoms with Crippen LogP contribution in [0.3, 0.4) is 0 Å². The number of imide groups is 1. The Bertz CT molecular complexity index is 874. The molecule has 1 saturated heterocycles. The fourth-order valence-corrected chi connectivity index (χ4v) is 3.83. The fourth-order valence-electron chi connectivity index (χ4n) is 3.83. The van der Waals surface area contributed by atoms with Crippen molar-refractivity contribution in [3.8, 4) is 0 Å². The van der Waals surface area contributed by atoms with Gasteiger partial charge in [0.2, 0.25) is 0 Å². The Morgan fingerprint density at radius 1 is 1.00 bits per heavy atom. The van der Waals surface area contributed by atoms with Crippen LogP contribution >= 0.6 is 0 Å². The third kappa shape index (κ3) is 4.95. The molecule has 8 nitrogen and oxygen atoms in total. The number of fused-ring (bicyclic) bond motifs is 1. The van der Waals surface area contributed by atoms with Gasteiger partial charge in [0.05, 0.1) is 16.7 Å². The average molecular weight is 430 g/mol. The lowest BCUT2D eigenvalue weighted by Gasteiger charge is -2.35. The molecule has 1 atom stereocenters. The topological polar surface area (TPSA) is 87.2 Å². The summed E-state index contributed by atoms with van der Waals surface area (Å²) in [6.07, 6.45) is -0.208. The molecule has 1 aromatic rings. The molecule has 2 heterocycles. The number of benzene rings is 1. The lowest BCUT2D eigenvalue weighted by Crippen LogP contribution is -2.51. The van der Waals surface area contributed by atoms with E-state index in [4.69, 9.17) is 4.74 Å². The van der Waals surface area contributed by atoms with E-state index in [-0.39, 0.29) is 22.9 Å². The molecule has 3 amide bonds. The number of hydrogen-bond acceptors (Lipinski definition) is 6. The van der Waals surface area contributed by atoms with Crippen LogP contribution in [0.25, 0.3) is 0 Å². The van der Waals surface area contributed by atoms with Crippen molar-refractivity contribution in [2.24, 2.45) is 5.92 Å². The predicted molar refractivity (Wildman–Crippen MR) is 115 cm³/mol. The van der Waals surface area contributed by atoms with E-state index in [1.807, 2.05) is 13.8 Å². The van der Waals surface area contributed by atoms with Crippen molar-refractivity contribution in [3.63, 3.8) is 0 Å². The van der Waals surface area contributed by atoms with Gasteiger partial charge >= 0.3 is 5.97 Å². The van der Waals surface area contributed by atoms with E-state index in [0.717, 1.165) is 19.6 Å². The van der Waals surface area contributed by atoms with E-state index in [1.165, 1.54) is 23.1 Å². The van der Waals surface area contributed by atoms with Crippen molar-refractivity contribution in [2.75, 3.05) is 39.3 Å². The van der Waals surface area contributed by atoms with Gasteiger partial charge in [0.15, 0.2) is 6.10 Å². The van der Waals surface area contributed by atoms with Crippen LogP contribution in [0.4, 0.5) is 0 Å². The SMILES string of the molecule is CCN1CCN(C(=O)[C@H](C)OC(=O)c2ccc3c(c2)C(=O)N(CCC(C)C)C3=O)CC1. The number of nitrogens with zero attached hydrogens (tertiary/aromatic N) is 3. The van der Waals surface area contributed by atoms with Crippen LogP contribution in [0.5, 0.6) is 0 Å². The van der Waals surface area contributed by atoms with Crippen molar-refractivity contribution in [3.05, 3.63) is 34.9 Å². The average Bonchev–Trinajstić information content (AvgIpc) is 3.00. The summed E-state index contributed by atoms with van der Waals surface area (Å²) in [6, 6.07) is 4.35. The number of hydrogen-bond donors (Lipinski definition) is 0. The number of rotatable bonds is 7. The Kier molecular flexibility index (Phi) is 7.10. The Morgan fingerprint density at radius 3 is 2.26 bits per heavy atom. The number of ether oxygens (including phenoxy) is 1. The highest BCUT2D eigenvalue weighted by atomic mass is 16.5. The summed E-state index contributed by atoms with van der Waals surface area (Å²) >= 11 is 0. The number of amides is 3. The summed E-state index contributed by atoms with van der Waals surface area (Å²) in [4.78, 5) is 55.6. The third-order valence-corrected chi connectivity index (χ3v) is 5.90. The standard InChI is InChI=1S/C23H31N3O5/c1-5-24-10-12-25(13-11-24)20(27)16(4)31-23(30)17-6-7-18-19(14-17)22(29)26(21(18)28)9-8-15(2)3/h6-7,14-16H,5,8-13H2,1-4H3/t16-/m0/s1. The molecule has 0 aliphatic carbocycles. The van der Waals surface area contributed by atoms with Gasteiger partial charge in [-0.25, -0.2) is 4.79 Å². The van der Waals surface area contributed by atoms with Crippen LogP contribution in [0.15, 0.2) is 18.2 Å². The van der Waals surface area contributed by atoms with Gasteiger partial charge in [0, 0.05) is 32.7 Å². The first-order valence-electron chi connectivity index (χ1n) is 10.9. The normalized spacial score (nSPS) is 17.8. The molecule has 3 rings (SSSR count). The minimum absolute atomic E-state index is 0.154. The first-order chi connectivity index (χ1) is 14.7. The highest BCUT2D eigenvalue weighted by Gasteiger charge is 2.36. The summed E-state index contributed by atoms with van der Waals surface area (Å²) < 4.78 is 5.38. The second-order valence-electron chi connectivity index (χ2n) is 8.51. The molecular weight excluding hydrogens is 398 g/mol. The molecule has 0 N–H and O–H groups in total. The van der Waals surface area contributed by atoms with E-state index < -0.39 is 18.0 Å². The van der Waals surface area contributed by atoms with Gasteiger partial charge in [-0.2, -0.15) is 0 Å². The maximum atomic E-state index is 12.7. The first kappa shape index (κ1) is 22.9. The van der Waals surface area contributed by atoms with Crippen molar-refractivity contribution in [1.82, 2.24) is 14.7 Å². The lowest BCUT2D eigenvalue weighted by atomic mass is 10.1. The van der Waals surface area contributed by atoms with E-state index in [0.29, 0.717) is 37.5 Å². The maximum Gasteiger partial charge on any atom is 0.338 e. The fraction of sp³-hybridized carbons (Fsp3) is 0.565. The quantitative estimate of drug-likeness (QED) is 0.487. The van der Waals surface area contributed by atoms with E-state index >= 15 is 0 Å². The van der Waals surface area contributed by atoms with Gasteiger partial charge in [0.25, 0.3) is 17.7 Å². The molecule has 0 saturated carbocycles. The third-order valence-electron chi connectivity index (χ3n) is 5.90. The van der Waals surface area contributed by atoms with Gasteiger partial charge < -0.3 is 14.5 Å². The Morgan fingerprint density at radius 2 is 1.65 bits per heavy atom. The smallest absolute Gasteiger partial charge is 0.338 e. The van der Waals surface area contributed by atoms with Crippen LogP contribution in [-0.4, -0.2) is 83.8 Å². The zero-order chi connectivity index (χ0) is 22.7. The summed E-state index contributed by atoms with van der Waals surface area (Å²) in [5.74, 6) is -1.28. The number of esters is 1. The lowest BCUT2D eigenvalue weighted by molar-refractivity contribution is -0.141. The minimum atomic E-state index is -0.922. The van der Waals surface area contributed by atoms with Gasteiger partial charge in [-0.05, 0) is 44.0 Å². The number of likely N-dealkylation sites (N-methyl/N-ethyl adjacent to an activating group) is 1. The van der Waals surface area contributed by atoms with Crippen molar-refractivity contribution in [2.45, 2.75) is 40.2 Å². The van der Waals surface area contributed by atoms with Gasteiger partial charge in [-0.15, -0.1) is 0 Å². The van der Waals surface area contributed by atoms with E-state index in [1.54, 1.807) is 11.8 Å². The van der Waals surface area contributed by atoms with Crippen molar-refractivity contribution in [1.29, 1.82) is 0 Å². The molecule has 0 aromatic heterocycles. The molecule has 1 aromatic carbocycles. The zero-order valence-electron chi connectivity index (χ0n) is 18.7. The highest BCUT2D eigenvalue weighted by Crippen LogP contribution is 2.25. The maximum absolute atomic E-state index is 12.7. The highest BCUT2D eigenvalue weighted by molar-refractivity contribution is 6.22. The van der Waals surface area contributed by atoms with E-state index in [9.17, 15) is 19.2 Å². The summed E-state index contributed by atoms with van der Waals surface area (Å²) in [5.41, 5.74) is 0.655. The molecule has 31 heavy (non-hydrogen) atoms. The number of piperazine rings is 1. The zero-order valence-corrected chi connectivity index (χ0v) is 18.7. The summed E-state index contributed by atoms with van der Waals surface area (Å²) in [7, 11) is 0. The van der Waals surface area contributed by atoms with Crippen molar-refractivity contribution < 1.29 is 23.9 Å². The van der Waals surface area contributed by atoms with Gasteiger partial charge in [-0.3, -0.25) is 19.3 Å². The molecule has 2 aliphatic rings. The molecule has 0 radical (unpaired) electrons. The number of carbonyl (C=O) groups is 4. The molecule has 2 aliphatic heterocycles. The Hall–Kier alpha value is -2.74. The Labute approximate surface area is 183 Å². The van der Waals surface area contributed by atoms with Crippen LogP contribution in [-0.2, 0) is 9.53 Å². The van der Waals surface area contributed by atoms with Crippen LogP contribution in [0, 0.1) is 5.92 Å². The minimum Gasteiger partial charge on any atom is -0.449 e. The molecule has 0 bridgehead atoms. The summed E-state index contributed by atoms with van der Waals surface area (Å²) in [5, 5.41) is 0. The largest absolute Gasteiger partial charge is 0.449 e. The monoisotopic (exact) mass is 429 g/mol. The van der Waals surface area contributed by atoms with Crippen LogP contribution in [0.2, 0.25) is 0 Å². The molecule has 0 unspecified atom stereocenters. The molecule has 168 valence electrons.